The van der Waals surface area contributed by atoms with Gasteiger partial charge in [-0.05, 0) is 69.0 Å². The molecule has 0 spiro atoms. The van der Waals surface area contributed by atoms with E-state index in [1.807, 2.05) is 18.6 Å². The lowest BCUT2D eigenvalue weighted by atomic mass is 10.0. The van der Waals surface area contributed by atoms with Crippen LogP contribution in [0.15, 0.2) is 55.0 Å². The number of fused-ring (bicyclic) bond motifs is 2. The number of anilines is 2. The summed E-state index contributed by atoms with van der Waals surface area (Å²) in [6.45, 7) is 6.46. The molecule has 1 aliphatic heterocycles. The minimum absolute atomic E-state index is 0.352. The van der Waals surface area contributed by atoms with E-state index in [1.54, 1.807) is 0 Å². The zero-order valence-corrected chi connectivity index (χ0v) is 19.6. The number of nitrogens with zero attached hydrogens (tertiary/aromatic N) is 4. The molecule has 6 rings (SSSR count). The van der Waals surface area contributed by atoms with Crippen LogP contribution >= 0.6 is 0 Å². The quantitative estimate of drug-likeness (QED) is 0.306. The maximum Gasteiger partial charge on any atom is 0.139 e. The number of aromatic nitrogens is 5. The summed E-state index contributed by atoms with van der Waals surface area (Å²) in [5.41, 5.74) is 8.25. The lowest BCUT2D eigenvalue weighted by molar-refractivity contribution is 0.579. The first-order valence-electron chi connectivity index (χ1n) is 12.1. The van der Waals surface area contributed by atoms with Crippen LogP contribution in [0.5, 0.6) is 0 Å². The Morgan fingerprint density at radius 3 is 2.68 bits per heavy atom. The summed E-state index contributed by atoms with van der Waals surface area (Å²) in [6, 6.07) is 13.2. The summed E-state index contributed by atoms with van der Waals surface area (Å²) in [5, 5.41) is 13.5. The second kappa shape index (κ2) is 8.48. The standard InChI is InChI=1S/C27H29N7/c1-17(2)30-20-12-19(15-28-16-20)18-6-7-23-21(13-18)26(33-32-23)24-14-22-25(8-9-29-27(22)31-24)34-10-4-3-5-11-34/h6-9,12-17,30H,3-5,10-11H2,1-2H3,(H,29,31)(H,32,33). The SMILES string of the molecule is CC(C)Nc1cncc(-c2ccc3[nH]nc(-c4cc5c(N6CCCCC6)ccnc5[nH]4)c3c2)c1. The van der Waals surface area contributed by atoms with E-state index in [1.165, 1.54) is 24.9 Å². The van der Waals surface area contributed by atoms with Crippen molar-refractivity contribution >= 4 is 33.3 Å². The van der Waals surface area contributed by atoms with Crippen molar-refractivity contribution in [3.05, 3.63) is 55.0 Å². The van der Waals surface area contributed by atoms with Crippen LogP contribution in [-0.4, -0.2) is 44.3 Å². The molecular weight excluding hydrogens is 422 g/mol. The van der Waals surface area contributed by atoms with Crippen LogP contribution < -0.4 is 10.2 Å². The summed E-state index contributed by atoms with van der Waals surface area (Å²) >= 11 is 0. The molecule has 1 aromatic carbocycles. The van der Waals surface area contributed by atoms with Gasteiger partial charge in [0.25, 0.3) is 0 Å². The molecule has 1 saturated heterocycles. The summed E-state index contributed by atoms with van der Waals surface area (Å²) < 4.78 is 0. The van der Waals surface area contributed by atoms with Crippen LogP contribution in [0.25, 0.3) is 44.5 Å². The van der Waals surface area contributed by atoms with Gasteiger partial charge in [-0.15, -0.1) is 0 Å². The Labute approximate surface area is 198 Å². The van der Waals surface area contributed by atoms with E-state index in [-0.39, 0.29) is 0 Å². The highest BCUT2D eigenvalue weighted by Gasteiger charge is 2.18. The smallest absolute Gasteiger partial charge is 0.139 e. The van der Waals surface area contributed by atoms with E-state index in [4.69, 9.17) is 0 Å². The molecule has 0 amide bonds. The first kappa shape index (κ1) is 20.7. The highest BCUT2D eigenvalue weighted by atomic mass is 15.1. The molecule has 5 heterocycles. The molecule has 7 heteroatoms. The van der Waals surface area contributed by atoms with Crippen molar-refractivity contribution in [1.29, 1.82) is 0 Å². The van der Waals surface area contributed by atoms with Gasteiger partial charge >= 0.3 is 0 Å². The van der Waals surface area contributed by atoms with Crippen LogP contribution in [0.3, 0.4) is 0 Å². The van der Waals surface area contributed by atoms with Crippen molar-refractivity contribution in [2.75, 3.05) is 23.3 Å². The largest absolute Gasteiger partial charge is 0.382 e. The van der Waals surface area contributed by atoms with E-state index < -0.39 is 0 Å². The van der Waals surface area contributed by atoms with Gasteiger partial charge in [-0.2, -0.15) is 5.10 Å². The maximum absolute atomic E-state index is 4.67. The Morgan fingerprint density at radius 1 is 0.941 bits per heavy atom. The third-order valence-electron chi connectivity index (χ3n) is 6.55. The van der Waals surface area contributed by atoms with E-state index in [0.29, 0.717) is 6.04 Å². The molecule has 172 valence electrons. The third kappa shape index (κ3) is 3.77. The third-order valence-corrected chi connectivity index (χ3v) is 6.55. The fourth-order valence-electron chi connectivity index (χ4n) is 4.96. The molecule has 0 aliphatic carbocycles. The molecule has 0 radical (unpaired) electrons. The van der Waals surface area contributed by atoms with Gasteiger partial charge in [-0.25, -0.2) is 4.98 Å². The van der Waals surface area contributed by atoms with Gasteiger partial charge in [0, 0.05) is 59.7 Å². The van der Waals surface area contributed by atoms with Gasteiger partial charge in [0.05, 0.1) is 16.9 Å². The maximum atomic E-state index is 4.67. The fraction of sp³-hybridized carbons (Fsp3) is 0.296. The van der Waals surface area contributed by atoms with Gasteiger partial charge in [0.15, 0.2) is 0 Å². The monoisotopic (exact) mass is 451 g/mol. The molecule has 0 atom stereocenters. The molecule has 0 bridgehead atoms. The Balaban J connectivity index is 1.41. The normalized spacial score (nSPS) is 14.4. The molecule has 3 N–H and O–H groups in total. The van der Waals surface area contributed by atoms with Crippen molar-refractivity contribution < 1.29 is 0 Å². The predicted octanol–water partition coefficient (Wildman–Crippen LogP) is 5.98. The Bertz CT molecular complexity index is 1460. The van der Waals surface area contributed by atoms with Crippen LogP contribution in [0.2, 0.25) is 0 Å². The van der Waals surface area contributed by atoms with Gasteiger partial charge in [-0.3, -0.25) is 10.1 Å². The van der Waals surface area contributed by atoms with Crippen LogP contribution in [0, 0.1) is 0 Å². The number of rotatable bonds is 5. The molecule has 1 fully saturated rings. The number of aromatic amines is 2. The number of pyridine rings is 2. The molecule has 5 aromatic rings. The fourth-order valence-corrected chi connectivity index (χ4v) is 4.96. The Hall–Kier alpha value is -3.87. The molecule has 0 unspecified atom stereocenters. The van der Waals surface area contributed by atoms with E-state index in [0.717, 1.165) is 63.2 Å². The average Bonchev–Trinajstić information content (AvgIpc) is 3.48. The lowest BCUT2D eigenvalue weighted by Gasteiger charge is -2.29. The number of hydrogen-bond donors (Lipinski definition) is 3. The zero-order valence-electron chi connectivity index (χ0n) is 19.6. The highest BCUT2D eigenvalue weighted by Crippen LogP contribution is 2.35. The number of H-pyrrole nitrogens is 2. The highest BCUT2D eigenvalue weighted by molar-refractivity contribution is 5.99. The number of benzene rings is 1. The molecule has 7 nitrogen and oxygen atoms in total. The minimum atomic E-state index is 0.352. The van der Waals surface area contributed by atoms with Crippen molar-refractivity contribution in [2.45, 2.75) is 39.2 Å². The molecule has 1 aliphatic rings. The van der Waals surface area contributed by atoms with E-state index in [9.17, 15) is 0 Å². The Kier molecular flexibility index (Phi) is 5.17. The Morgan fingerprint density at radius 2 is 1.82 bits per heavy atom. The molecule has 34 heavy (non-hydrogen) atoms. The molecular formula is C27H29N7. The number of nitrogens with one attached hydrogen (secondary N) is 3. The lowest BCUT2D eigenvalue weighted by Crippen LogP contribution is -2.29. The van der Waals surface area contributed by atoms with Crippen molar-refractivity contribution in [3.63, 3.8) is 0 Å². The summed E-state index contributed by atoms with van der Waals surface area (Å²) in [6.07, 6.45) is 9.48. The average molecular weight is 452 g/mol. The predicted molar refractivity (Wildman–Crippen MR) is 139 cm³/mol. The van der Waals surface area contributed by atoms with Gasteiger partial charge in [0.2, 0.25) is 0 Å². The van der Waals surface area contributed by atoms with Crippen molar-refractivity contribution in [3.8, 4) is 22.5 Å². The van der Waals surface area contributed by atoms with Crippen LogP contribution in [0.4, 0.5) is 11.4 Å². The number of piperidine rings is 1. The summed E-state index contributed by atoms with van der Waals surface area (Å²) in [5.74, 6) is 0. The second-order valence-electron chi connectivity index (χ2n) is 9.42. The number of hydrogen-bond acceptors (Lipinski definition) is 5. The topological polar surface area (TPSA) is 85.5 Å². The first-order chi connectivity index (χ1) is 16.7. The second-order valence-corrected chi connectivity index (χ2v) is 9.42. The van der Waals surface area contributed by atoms with E-state index in [2.05, 4.69) is 85.6 Å². The summed E-state index contributed by atoms with van der Waals surface area (Å²) in [7, 11) is 0. The van der Waals surface area contributed by atoms with Gasteiger partial charge in [-0.1, -0.05) is 6.07 Å². The molecule has 0 saturated carbocycles. The van der Waals surface area contributed by atoms with Gasteiger partial charge < -0.3 is 15.2 Å². The van der Waals surface area contributed by atoms with Crippen LogP contribution in [0.1, 0.15) is 33.1 Å². The first-order valence-corrected chi connectivity index (χ1v) is 12.1. The minimum Gasteiger partial charge on any atom is -0.382 e. The summed E-state index contributed by atoms with van der Waals surface area (Å²) in [4.78, 5) is 15.1. The van der Waals surface area contributed by atoms with Gasteiger partial charge in [0.1, 0.15) is 11.3 Å². The van der Waals surface area contributed by atoms with E-state index >= 15 is 0 Å². The van der Waals surface area contributed by atoms with Crippen molar-refractivity contribution in [2.24, 2.45) is 0 Å². The van der Waals surface area contributed by atoms with Crippen LogP contribution in [-0.2, 0) is 0 Å². The molecule has 4 aromatic heterocycles. The van der Waals surface area contributed by atoms with Crippen molar-refractivity contribution in [1.82, 2.24) is 25.1 Å². The zero-order chi connectivity index (χ0) is 23.1.